The Bertz CT molecular complexity index is 971. The van der Waals surface area contributed by atoms with Gasteiger partial charge in [0.15, 0.2) is 0 Å². The Labute approximate surface area is 156 Å². The fourth-order valence-electron chi connectivity index (χ4n) is 3.87. The Morgan fingerprint density at radius 1 is 1.15 bits per heavy atom. The Hall–Kier alpha value is -3.22. The number of benzene rings is 2. The monoisotopic (exact) mass is 365 g/mol. The van der Waals surface area contributed by atoms with Crippen LogP contribution in [0.4, 0.5) is 10.5 Å². The zero-order chi connectivity index (χ0) is 19.2. The third-order valence-electron chi connectivity index (χ3n) is 5.41. The lowest BCUT2D eigenvalue weighted by atomic mass is 9.89. The van der Waals surface area contributed by atoms with E-state index in [1.54, 1.807) is 19.1 Å². The molecule has 0 aromatic heterocycles. The lowest BCUT2D eigenvalue weighted by molar-refractivity contribution is -0.384. The number of hydrogen-bond acceptors (Lipinski definition) is 4. The van der Waals surface area contributed by atoms with E-state index in [4.69, 9.17) is 0 Å². The van der Waals surface area contributed by atoms with Crippen LogP contribution in [0.15, 0.2) is 42.5 Å². The van der Waals surface area contributed by atoms with Crippen LogP contribution in [-0.2, 0) is 29.7 Å². The third-order valence-corrected chi connectivity index (χ3v) is 5.41. The fourth-order valence-corrected chi connectivity index (χ4v) is 3.87. The van der Waals surface area contributed by atoms with E-state index in [0.717, 1.165) is 29.7 Å². The van der Waals surface area contributed by atoms with Gasteiger partial charge in [0.25, 0.3) is 11.6 Å². The molecule has 4 rings (SSSR count). The maximum absolute atomic E-state index is 13.1. The SMILES string of the molecule is CC1(c2ccc3c(c2)CCC3)NC(=O)N(Cc2cccc([N+](=O)[O-])c2)C1=O. The zero-order valence-electron chi connectivity index (χ0n) is 14.9. The van der Waals surface area contributed by atoms with E-state index in [0.29, 0.717) is 5.56 Å². The molecule has 1 aliphatic heterocycles. The van der Waals surface area contributed by atoms with Crippen molar-refractivity contribution >= 4 is 17.6 Å². The average molecular weight is 365 g/mol. The summed E-state index contributed by atoms with van der Waals surface area (Å²) in [4.78, 5) is 37.1. The quantitative estimate of drug-likeness (QED) is 0.512. The maximum Gasteiger partial charge on any atom is 0.325 e. The minimum Gasteiger partial charge on any atom is -0.319 e. The second-order valence-electron chi connectivity index (χ2n) is 7.21. The predicted octanol–water partition coefficient (Wildman–Crippen LogP) is 3.05. The smallest absolute Gasteiger partial charge is 0.319 e. The predicted molar refractivity (Wildman–Crippen MR) is 98.0 cm³/mol. The second kappa shape index (κ2) is 6.19. The molecule has 1 aliphatic carbocycles. The molecule has 1 fully saturated rings. The van der Waals surface area contributed by atoms with E-state index in [9.17, 15) is 19.7 Å². The first-order chi connectivity index (χ1) is 12.9. The molecule has 3 amide bonds. The van der Waals surface area contributed by atoms with E-state index in [1.807, 2.05) is 18.2 Å². The van der Waals surface area contributed by atoms with Gasteiger partial charge in [0.05, 0.1) is 11.5 Å². The lowest BCUT2D eigenvalue weighted by Crippen LogP contribution is -2.40. The van der Waals surface area contributed by atoms with Crippen molar-refractivity contribution in [1.29, 1.82) is 0 Å². The van der Waals surface area contributed by atoms with Gasteiger partial charge in [-0.05, 0) is 48.4 Å². The highest BCUT2D eigenvalue weighted by atomic mass is 16.6. The van der Waals surface area contributed by atoms with Gasteiger partial charge in [-0.2, -0.15) is 0 Å². The number of hydrogen-bond donors (Lipinski definition) is 1. The minimum atomic E-state index is -1.13. The Morgan fingerprint density at radius 3 is 2.70 bits per heavy atom. The zero-order valence-corrected chi connectivity index (χ0v) is 14.9. The molecule has 0 bridgehead atoms. The minimum absolute atomic E-state index is 0.00707. The van der Waals surface area contributed by atoms with E-state index < -0.39 is 16.5 Å². The number of amides is 3. The number of imide groups is 1. The Morgan fingerprint density at radius 2 is 1.93 bits per heavy atom. The van der Waals surface area contributed by atoms with Crippen LogP contribution < -0.4 is 5.32 Å². The van der Waals surface area contributed by atoms with Crippen LogP contribution in [0.2, 0.25) is 0 Å². The van der Waals surface area contributed by atoms with E-state index in [2.05, 4.69) is 5.32 Å². The van der Waals surface area contributed by atoms with Gasteiger partial charge in [-0.15, -0.1) is 0 Å². The number of non-ortho nitro benzene ring substituents is 1. The molecule has 27 heavy (non-hydrogen) atoms. The van der Waals surface area contributed by atoms with Gasteiger partial charge in [-0.3, -0.25) is 19.8 Å². The number of nitro benzene ring substituents is 1. The van der Waals surface area contributed by atoms with Gasteiger partial charge in [-0.1, -0.05) is 30.3 Å². The van der Waals surface area contributed by atoms with Crippen LogP contribution in [0, 0.1) is 10.1 Å². The summed E-state index contributed by atoms with van der Waals surface area (Å²) < 4.78 is 0. The highest BCUT2D eigenvalue weighted by Gasteiger charge is 2.49. The topological polar surface area (TPSA) is 92.6 Å². The van der Waals surface area contributed by atoms with Gasteiger partial charge in [0, 0.05) is 12.1 Å². The number of aryl methyl sites for hydroxylation is 2. The average Bonchev–Trinajstić information content (AvgIpc) is 3.20. The van der Waals surface area contributed by atoms with Gasteiger partial charge in [0.2, 0.25) is 0 Å². The van der Waals surface area contributed by atoms with Crippen molar-refractivity contribution in [3.63, 3.8) is 0 Å². The van der Waals surface area contributed by atoms with Crippen molar-refractivity contribution in [2.75, 3.05) is 0 Å². The summed E-state index contributed by atoms with van der Waals surface area (Å²) in [6.45, 7) is 1.70. The van der Waals surface area contributed by atoms with Crippen molar-refractivity contribution in [3.8, 4) is 0 Å². The summed E-state index contributed by atoms with van der Waals surface area (Å²) in [5.41, 5.74) is 2.63. The molecule has 1 unspecified atom stereocenters. The van der Waals surface area contributed by atoms with Crippen LogP contribution in [0.5, 0.6) is 0 Å². The van der Waals surface area contributed by atoms with Gasteiger partial charge in [0.1, 0.15) is 5.54 Å². The normalized spacial score (nSPS) is 21.3. The van der Waals surface area contributed by atoms with Crippen LogP contribution in [-0.4, -0.2) is 21.8 Å². The Kier molecular flexibility index (Phi) is 3.95. The van der Waals surface area contributed by atoms with Gasteiger partial charge < -0.3 is 5.32 Å². The van der Waals surface area contributed by atoms with Crippen molar-refractivity contribution < 1.29 is 14.5 Å². The molecule has 2 aromatic carbocycles. The summed E-state index contributed by atoms with van der Waals surface area (Å²) >= 11 is 0. The van der Waals surface area contributed by atoms with E-state index in [-0.39, 0.29) is 18.1 Å². The molecule has 1 atom stereocenters. The molecule has 2 aromatic rings. The molecule has 7 nitrogen and oxygen atoms in total. The van der Waals surface area contributed by atoms with Crippen molar-refractivity contribution in [3.05, 3.63) is 74.8 Å². The molecule has 1 saturated heterocycles. The van der Waals surface area contributed by atoms with Crippen LogP contribution in [0.25, 0.3) is 0 Å². The van der Waals surface area contributed by atoms with E-state index in [1.165, 1.54) is 23.3 Å². The molecule has 1 N–H and O–H groups in total. The molecule has 1 heterocycles. The number of nitrogens with zero attached hydrogens (tertiary/aromatic N) is 2. The summed E-state index contributed by atoms with van der Waals surface area (Å²) in [7, 11) is 0. The van der Waals surface area contributed by atoms with Crippen LogP contribution >= 0.6 is 0 Å². The standard InChI is InChI=1S/C20H19N3O4/c1-20(16-9-8-14-5-3-6-15(14)11-16)18(24)22(19(25)21-20)12-13-4-2-7-17(10-13)23(26)27/h2,4,7-11H,3,5-6,12H2,1H3,(H,21,25). The number of rotatable bonds is 4. The van der Waals surface area contributed by atoms with Crippen molar-refractivity contribution in [2.45, 2.75) is 38.3 Å². The first-order valence-corrected chi connectivity index (χ1v) is 8.88. The van der Waals surface area contributed by atoms with Crippen LogP contribution in [0.1, 0.15) is 35.6 Å². The third kappa shape index (κ3) is 2.85. The summed E-state index contributed by atoms with van der Waals surface area (Å²) in [6.07, 6.45) is 3.14. The highest BCUT2D eigenvalue weighted by Crippen LogP contribution is 2.33. The molecule has 138 valence electrons. The Balaban J connectivity index is 1.62. The molecule has 2 aliphatic rings. The van der Waals surface area contributed by atoms with Crippen molar-refractivity contribution in [1.82, 2.24) is 10.2 Å². The number of carbonyl (C=O) groups excluding carboxylic acids is 2. The second-order valence-corrected chi connectivity index (χ2v) is 7.21. The highest BCUT2D eigenvalue weighted by molar-refractivity contribution is 6.07. The fraction of sp³-hybridized carbons (Fsp3) is 0.300. The molecular formula is C20H19N3O4. The number of fused-ring (bicyclic) bond motifs is 1. The number of urea groups is 1. The van der Waals surface area contributed by atoms with Crippen LogP contribution in [0.3, 0.4) is 0 Å². The largest absolute Gasteiger partial charge is 0.325 e. The first kappa shape index (κ1) is 17.2. The molecule has 0 saturated carbocycles. The molecule has 0 radical (unpaired) electrons. The maximum atomic E-state index is 13.1. The lowest BCUT2D eigenvalue weighted by Gasteiger charge is -2.23. The first-order valence-electron chi connectivity index (χ1n) is 8.88. The van der Waals surface area contributed by atoms with Gasteiger partial charge in [-0.25, -0.2) is 4.79 Å². The molecule has 0 spiro atoms. The van der Waals surface area contributed by atoms with Gasteiger partial charge >= 0.3 is 6.03 Å². The number of nitrogens with one attached hydrogen (secondary N) is 1. The van der Waals surface area contributed by atoms with E-state index >= 15 is 0 Å². The molecular weight excluding hydrogens is 346 g/mol. The number of nitro groups is 1. The molecule has 7 heteroatoms. The van der Waals surface area contributed by atoms with Crippen molar-refractivity contribution in [2.24, 2.45) is 0 Å². The number of carbonyl (C=O) groups is 2. The summed E-state index contributed by atoms with van der Waals surface area (Å²) in [5.74, 6) is -0.350. The summed E-state index contributed by atoms with van der Waals surface area (Å²) in [5, 5.41) is 13.7. The summed E-state index contributed by atoms with van der Waals surface area (Å²) in [6, 6.07) is 11.4.